The second-order valence-electron chi connectivity index (χ2n) is 5.44. The van der Waals surface area contributed by atoms with Crippen molar-refractivity contribution in [2.75, 3.05) is 5.32 Å². The SMILES string of the molecule is CC(C)(C)C(=O)C(C#N)=CNc1ccccc1C(F)(F)F. The van der Waals surface area contributed by atoms with Crippen molar-refractivity contribution in [3.63, 3.8) is 0 Å². The van der Waals surface area contributed by atoms with E-state index < -0.39 is 22.9 Å². The number of anilines is 1. The highest BCUT2D eigenvalue weighted by Crippen LogP contribution is 2.34. The summed E-state index contributed by atoms with van der Waals surface area (Å²) >= 11 is 0. The van der Waals surface area contributed by atoms with Crippen LogP contribution in [0.1, 0.15) is 26.3 Å². The van der Waals surface area contributed by atoms with Gasteiger partial charge in [-0.1, -0.05) is 32.9 Å². The zero-order valence-corrected chi connectivity index (χ0v) is 11.9. The largest absolute Gasteiger partial charge is 0.418 e. The smallest absolute Gasteiger partial charge is 0.360 e. The van der Waals surface area contributed by atoms with Gasteiger partial charge in [-0.05, 0) is 12.1 Å². The van der Waals surface area contributed by atoms with Gasteiger partial charge in [0.05, 0.1) is 11.3 Å². The molecule has 0 unspecified atom stereocenters. The van der Waals surface area contributed by atoms with Crippen LogP contribution in [0.5, 0.6) is 0 Å². The van der Waals surface area contributed by atoms with E-state index in [1.165, 1.54) is 18.2 Å². The molecule has 6 heteroatoms. The molecule has 21 heavy (non-hydrogen) atoms. The van der Waals surface area contributed by atoms with E-state index in [4.69, 9.17) is 5.26 Å². The number of nitrogens with zero attached hydrogens (tertiary/aromatic N) is 1. The molecule has 0 aliphatic carbocycles. The molecule has 112 valence electrons. The van der Waals surface area contributed by atoms with E-state index in [0.29, 0.717) is 0 Å². The van der Waals surface area contributed by atoms with Crippen molar-refractivity contribution in [3.8, 4) is 6.07 Å². The maximum atomic E-state index is 12.8. The Morgan fingerprint density at radius 3 is 2.29 bits per heavy atom. The molecule has 0 atom stereocenters. The fraction of sp³-hybridized carbons (Fsp3) is 0.333. The average Bonchev–Trinajstić information content (AvgIpc) is 2.37. The van der Waals surface area contributed by atoms with Gasteiger partial charge in [-0.15, -0.1) is 0 Å². The summed E-state index contributed by atoms with van der Waals surface area (Å²) in [5.74, 6) is -0.443. The fourth-order valence-electron chi connectivity index (χ4n) is 1.56. The van der Waals surface area contributed by atoms with Gasteiger partial charge < -0.3 is 5.32 Å². The lowest BCUT2D eigenvalue weighted by atomic mass is 9.87. The van der Waals surface area contributed by atoms with Gasteiger partial charge in [0.1, 0.15) is 11.6 Å². The van der Waals surface area contributed by atoms with Crippen molar-refractivity contribution in [1.82, 2.24) is 0 Å². The van der Waals surface area contributed by atoms with Crippen LogP contribution < -0.4 is 5.32 Å². The first-order valence-electron chi connectivity index (χ1n) is 6.15. The van der Waals surface area contributed by atoms with Gasteiger partial charge in [0.25, 0.3) is 0 Å². The molecule has 0 heterocycles. The molecule has 3 nitrogen and oxygen atoms in total. The second-order valence-corrected chi connectivity index (χ2v) is 5.44. The predicted octanol–water partition coefficient (Wildman–Crippen LogP) is 4.14. The third kappa shape index (κ3) is 4.35. The number of nitrogens with one attached hydrogen (secondary N) is 1. The first-order chi connectivity index (χ1) is 9.57. The van der Waals surface area contributed by atoms with Gasteiger partial charge in [0.15, 0.2) is 5.78 Å². The summed E-state index contributed by atoms with van der Waals surface area (Å²) in [6.07, 6.45) is -3.50. The number of Topliss-reactive ketones (excluding diaryl/α,β-unsaturated/α-hetero) is 1. The summed E-state index contributed by atoms with van der Waals surface area (Å²) < 4.78 is 38.4. The molecule has 0 aliphatic heterocycles. The van der Waals surface area contributed by atoms with E-state index in [1.807, 2.05) is 0 Å². The number of carbonyl (C=O) groups is 1. The van der Waals surface area contributed by atoms with E-state index in [0.717, 1.165) is 12.3 Å². The van der Waals surface area contributed by atoms with Crippen LogP contribution in [0.25, 0.3) is 0 Å². The van der Waals surface area contributed by atoms with Crippen LogP contribution in [0.3, 0.4) is 0 Å². The molecular formula is C15H15F3N2O. The van der Waals surface area contributed by atoms with Crippen LogP contribution in [0, 0.1) is 16.7 Å². The molecule has 1 N–H and O–H groups in total. The summed E-state index contributed by atoms with van der Waals surface area (Å²) in [6.45, 7) is 4.89. The van der Waals surface area contributed by atoms with Gasteiger partial charge in [-0.25, -0.2) is 0 Å². The van der Waals surface area contributed by atoms with Crippen molar-refractivity contribution in [2.24, 2.45) is 5.41 Å². The summed E-state index contributed by atoms with van der Waals surface area (Å²) in [6, 6.07) is 6.56. The molecule has 0 radical (unpaired) electrons. The Morgan fingerprint density at radius 1 is 1.24 bits per heavy atom. The molecular weight excluding hydrogens is 281 g/mol. The molecule has 1 aromatic carbocycles. The number of para-hydroxylation sites is 1. The number of hydrogen-bond donors (Lipinski definition) is 1. The Kier molecular flexibility index (Phi) is 4.79. The number of ketones is 1. The monoisotopic (exact) mass is 296 g/mol. The molecule has 1 rings (SSSR count). The number of allylic oxidation sites excluding steroid dienone is 1. The number of nitriles is 1. The Balaban J connectivity index is 3.10. The van der Waals surface area contributed by atoms with Crippen LogP contribution >= 0.6 is 0 Å². The van der Waals surface area contributed by atoms with E-state index in [2.05, 4.69) is 5.32 Å². The molecule has 0 saturated carbocycles. The molecule has 0 saturated heterocycles. The zero-order valence-electron chi connectivity index (χ0n) is 11.9. The summed E-state index contributed by atoms with van der Waals surface area (Å²) in [7, 11) is 0. The molecule has 0 spiro atoms. The van der Waals surface area contributed by atoms with Crippen molar-refractivity contribution >= 4 is 11.5 Å². The maximum Gasteiger partial charge on any atom is 0.418 e. The van der Waals surface area contributed by atoms with Crippen LogP contribution in [-0.4, -0.2) is 5.78 Å². The van der Waals surface area contributed by atoms with Crippen LogP contribution in [0.4, 0.5) is 18.9 Å². The highest BCUT2D eigenvalue weighted by Gasteiger charge is 2.33. The van der Waals surface area contributed by atoms with Crippen molar-refractivity contribution in [2.45, 2.75) is 26.9 Å². The van der Waals surface area contributed by atoms with Gasteiger partial charge in [-0.2, -0.15) is 18.4 Å². The summed E-state index contributed by atoms with van der Waals surface area (Å²) in [5, 5.41) is 11.4. The average molecular weight is 296 g/mol. The van der Waals surface area contributed by atoms with Crippen LogP contribution in [0.2, 0.25) is 0 Å². The highest BCUT2D eigenvalue weighted by molar-refractivity contribution is 6.02. The molecule has 0 amide bonds. The number of rotatable bonds is 3. The minimum Gasteiger partial charge on any atom is -0.360 e. The Hall–Kier alpha value is -2.29. The van der Waals surface area contributed by atoms with E-state index in [-0.39, 0.29) is 11.3 Å². The standard InChI is InChI=1S/C15H15F3N2O/c1-14(2,3)13(21)10(8-19)9-20-12-7-5-4-6-11(12)15(16,17)18/h4-7,9,20H,1-3H3. The third-order valence-corrected chi connectivity index (χ3v) is 2.65. The number of alkyl halides is 3. The summed E-state index contributed by atoms with van der Waals surface area (Å²) in [4.78, 5) is 11.9. The Morgan fingerprint density at radius 2 is 1.81 bits per heavy atom. The fourth-order valence-corrected chi connectivity index (χ4v) is 1.56. The topological polar surface area (TPSA) is 52.9 Å². The van der Waals surface area contributed by atoms with Crippen molar-refractivity contribution in [1.29, 1.82) is 5.26 Å². The van der Waals surface area contributed by atoms with E-state index >= 15 is 0 Å². The van der Waals surface area contributed by atoms with Gasteiger partial charge in [0, 0.05) is 11.6 Å². The first kappa shape index (κ1) is 16.8. The Bertz CT molecular complexity index is 605. The molecule has 1 aromatic rings. The lowest BCUT2D eigenvalue weighted by Gasteiger charge is -2.16. The normalized spacial score (nSPS) is 12.7. The van der Waals surface area contributed by atoms with Crippen LogP contribution in [-0.2, 0) is 11.0 Å². The number of carbonyl (C=O) groups excluding carboxylic acids is 1. The van der Waals surface area contributed by atoms with Gasteiger partial charge >= 0.3 is 6.18 Å². The van der Waals surface area contributed by atoms with Gasteiger partial charge in [0.2, 0.25) is 0 Å². The minimum atomic E-state index is -4.52. The predicted molar refractivity (Wildman–Crippen MR) is 73.2 cm³/mol. The van der Waals surface area contributed by atoms with Crippen LogP contribution in [0.15, 0.2) is 36.0 Å². The Labute approximate surface area is 121 Å². The van der Waals surface area contributed by atoms with Gasteiger partial charge in [-0.3, -0.25) is 4.79 Å². The van der Waals surface area contributed by atoms with Crippen molar-refractivity contribution in [3.05, 3.63) is 41.6 Å². The zero-order chi connectivity index (χ0) is 16.3. The molecule has 0 aliphatic rings. The summed E-state index contributed by atoms with van der Waals surface area (Å²) in [5.41, 5.74) is -2.08. The second kappa shape index (κ2) is 6.00. The van der Waals surface area contributed by atoms with E-state index in [1.54, 1.807) is 26.8 Å². The minimum absolute atomic E-state index is 0.209. The molecule has 0 aromatic heterocycles. The quantitative estimate of drug-likeness (QED) is 0.673. The number of hydrogen-bond acceptors (Lipinski definition) is 3. The lowest BCUT2D eigenvalue weighted by molar-refractivity contribution is -0.136. The van der Waals surface area contributed by atoms with E-state index in [9.17, 15) is 18.0 Å². The maximum absolute atomic E-state index is 12.8. The highest BCUT2D eigenvalue weighted by atomic mass is 19.4. The van der Waals surface area contributed by atoms with Crippen molar-refractivity contribution < 1.29 is 18.0 Å². The number of halogens is 3. The molecule has 0 fully saturated rings. The third-order valence-electron chi connectivity index (χ3n) is 2.65. The number of benzene rings is 1. The molecule has 0 bridgehead atoms. The first-order valence-corrected chi connectivity index (χ1v) is 6.15. The lowest BCUT2D eigenvalue weighted by Crippen LogP contribution is -2.22.